The minimum absolute atomic E-state index is 0.340. The highest BCUT2D eigenvalue weighted by Gasteiger charge is 2.20. The Morgan fingerprint density at radius 2 is 1.93 bits per heavy atom. The van der Waals surface area contributed by atoms with E-state index < -0.39 is 5.91 Å². The third-order valence-electron chi connectivity index (χ3n) is 4.48. The molecule has 8 nitrogen and oxygen atoms in total. The van der Waals surface area contributed by atoms with Gasteiger partial charge >= 0.3 is 0 Å². The first kappa shape index (κ1) is 18.9. The Hall–Kier alpha value is -2.87. The van der Waals surface area contributed by atoms with Crippen LogP contribution in [0.25, 0.3) is 0 Å². The van der Waals surface area contributed by atoms with E-state index in [1.807, 2.05) is 23.1 Å². The van der Waals surface area contributed by atoms with Crippen LogP contribution in [-0.2, 0) is 17.6 Å². The molecule has 1 saturated heterocycles. The van der Waals surface area contributed by atoms with Gasteiger partial charge in [0, 0.05) is 25.7 Å². The van der Waals surface area contributed by atoms with Crippen LogP contribution in [0, 0.1) is 0 Å². The number of primary amides is 1. The van der Waals surface area contributed by atoms with Crippen molar-refractivity contribution in [3.63, 3.8) is 0 Å². The number of nitrogens with two attached hydrogens (primary N) is 1. The summed E-state index contributed by atoms with van der Waals surface area (Å²) in [5, 5.41) is 0. The summed E-state index contributed by atoms with van der Waals surface area (Å²) in [6.07, 6.45) is 2.88. The summed E-state index contributed by atoms with van der Waals surface area (Å²) in [7, 11) is 3.22. The van der Waals surface area contributed by atoms with Crippen LogP contribution in [0.4, 0.5) is 5.82 Å². The van der Waals surface area contributed by atoms with E-state index >= 15 is 0 Å². The second-order valence-electron chi connectivity index (χ2n) is 6.18. The molecule has 1 aromatic carbocycles. The number of hydrogen-bond donors (Lipinski definition) is 1. The van der Waals surface area contributed by atoms with Gasteiger partial charge in [-0.05, 0) is 24.1 Å². The van der Waals surface area contributed by atoms with Crippen LogP contribution in [0.1, 0.15) is 21.7 Å². The predicted octanol–water partition coefficient (Wildman–Crippen LogP) is 1.21. The summed E-state index contributed by atoms with van der Waals surface area (Å²) < 4.78 is 16.0. The van der Waals surface area contributed by atoms with Crippen LogP contribution >= 0.6 is 0 Å². The number of benzene rings is 1. The number of morpholine rings is 1. The molecular weight excluding hydrogens is 348 g/mol. The third-order valence-corrected chi connectivity index (χ3v) is 4.48. The summed E-state index contributed by atoms with van der Waals surface area (Å²) in [5.74, 6) is 2.11. The van der Waals surface area contributed by atoms with E-state index in [9.17, 15) is 4.79 Å². The number of rotatable bonds is 7. The molecule has 1 aliphatic heterocycles. The number of amides is 1. The highest BCUT2D eigenvalue weighted by molar-refractivity contribution is 5.97. The number of aryl methyl sites for hydroxylation is 2. The Bertz CT molecular complexity index is 806. The quantitative estimate of drug-likeness (QED) is 0.780. The number of anilines is 1. The maximum Gasteiger partial charge on any atom is 0.254 e. The average Bonchev–Trinajstić information content (AvgIpc) is 2.72. The molecule has 8 heteroatoms. The molecule has 0 spiro atoms. The summed E-state index contributed by atoms with van der Waals surface area (Å²) in [4.78, 5) is 22.7. The van der Waals surface area contributed by atoms with Gasteiger partial charge in [-0.15, -0.1) is 0 Å². The molecule has 0 saturated carbocycles. The average molecular weight is 372 g/mol. The molecule has 144 valence electrons. The van der Waals surface area contributed by atoms with Gasteiger partial charge in [0.15, 0.2) is 11.5 Å². The maximum absolute atomic E-state index is 11.7. The summed E-state index contributed by atoms with van der Waals surface area (Å²) in [6, 6.07) is 5.81. The van der Waals surface area contributed by atoms with Gasteiger partial charge in [-0.25, -0.2) is 9.97 Å². The minimum Gasteiger partial charge on any atom is -0.493 e. The molecule has 0 radical (unpaired) electrons. The fraction of sp³-hybridized carbons (Fsp3) is 0.421. The van der Waals surface area contributed by atoms with E-state index in [0.717, 1.165) is 12.0 Å². The largest absolute Gasteiger partial charge is 0.493 e. The van der Waals surface area contributed by atoms with Crippen LogP contribution in [0.2, 0.25) is 0 Å². The van der Waals surface area contributed by atoms with Crippen molar-refractivity contribution in [3.05, 3.63) is 41.3 Å². The molecule has 0 unspecified atom stereocenters. The first-order valence-corrected chi connectivity index (χ1v) is 8.81. The SMILES string of the molecule is COc1ccc(CCc2ncc(C(N)=O)c(N3CCOCC3)n2)cc1OC. The van der Waals surface area contributed by atoms with E-state index in [1.54, 1.807) is 14.2 Å². The number of carbonyl (C=O) groups is 1. The maximum atomic E-state index is 11.7. The number of hydrogen-bond acceptors (Lipinski definition) is 7. The molecule has 2 heterocycles. The number of ether oxygens (including phenoxy) is 3. The lowest BCUT2D eigenvalue weighted by atomic mass is 10.1. The predicted molar refractivity (Wildman–Crippen MR) is 101 cm³/mol. The lowest BCUT2D eigenvalue weighted by molar-refractivity contribution is 0.0997. The van der Waals surface area contributed by atoms with Gasteiger partial charge in [0.25, 0.3) is 5.91 Å². The number of carbonyl (C=O) groups excluding carboxylic acids is 1. The van der Waals surface area contributed by atoms with E-state index in [2.05, 4.69) is 9.97 Å². The lowest BCUT2D eigenvalue weighted by Crippen LogP contribution is -2.38. The van der Waals surface area contributed by atoms with E-state index in [1.165, 1.54) is 6.20 Å². The van der Waals surface area contributed by atoms with Crippen molar-refractivity contribution in [2.45, 2.75) is 12.8 Å². The fourth-order valence-corrected chi connectivity index (χ4v) is 3.01. The van der Waals surface area contributed by atoms with Crippen molar-refractivity contribution >= 4 is 11.7 Å². The zero-order chi connectivity index (χ0) is 19.2. The zero-order valence-corrected chi connectivity index (χ0v) is 15.6. The van der Waals surface area contributed by atoms with E-state index in [0.29, 0.717) is 61.4 Å². The standard InChI is InChI=1S/C19H24N4O4/c1-25-15-5-3-13(11-16(15)26-2)4-6-17-21-12-14(18(20)24)19(22-17)23-7-9-27-10-8-23/h3,5,11-12H,4,6-10H2,1-2H3,(H2,20,24). The first-order valence-electron chi connectivity index (χ1n) is 8.81. The van der Waals surface area contributed by atoms with Gasteiger partial charge in [0.1, 0.15) is 17.2 Å². The highest BCUT2D eigenvalue weighted by atomic mass is 16.5. The molecule has 2 N–H and O–H groups in total. The van der Waals surface area contributed by atoms with E-state index in [4.69, 9.17) is 19.9 Å². The Labute approximate surface area is 158 Å². The molecule has 0 atom stereocenters. The fourth-order valence-electron chi connectivity index (χ4n) is 3.01. The Kier molecular flexibility index (Phi) is 6.08. The molecule has 2 aromatic rings. The van der Waals surface area contributed by atoms with Crippen LogP contribution in [0.3, 0.4) is 0 Å². The van der Waals surface area contributed by atoms with Crippen molar-refractivity contribution in [3.8, 4) is 11.5 Å². The summed E-state index contributed by atoms with van der Waals surface area (Å²) in [6.45, 7) is 2.55. The molecule has 0 bridgehead atoms. The van der Waals surface area contributed by atoms with Gasteiger partial charge in [-0.1, -0.05) is 6.07 Å². The van der Waals surface area contributed by atoms with Gasteiger partial charge in [0.05, 0.1) is 27.4 Å². The van der Waals surface area contributed by atoms with Crippen molar-refractivity contribution in [2.24, 2.45) is 5.73 Å². The van der Waals surface area contributed by atoms with Crippen molar-refractivity contribution in [1.82, 2.24) is 9.97 Å². The number of nitrogens with zero attached hydrogens (tertiary/aromatic N) is 3. The lowest BCUT2D eigenvalue weighted by Gasteiger charge is -2.29. The van der Waals surface area contributed by atoms with Crippen molar-refractivity contribution in [1.29, 1.82) is 0 Å². The molecule has 0 aliphatic carbocycles. The van der Waals surface area contributed by atoms with Crippen LogP contribution < -0.4 is 20.1 Å². The normalized spacial score (nSPS) is 14.1. The van der Waals surface area contributed by atoms with Crippen LogP contribution in [-0.4, -0.2) is 56.4 Å². The molecule has 1 aliphatic rings. The molecule has 3 rings (SSSR count). The van der Waals surface area contributed by atoms with Gasteiger partial charge in [0.2, 0.25) is 0 Å². The van der Waals surface area contributed by atoms with Gasteiger partial charge in [-0.2, -0.15) is 0 Å². The second-order valence-corrected chi connectivity index (χ2v) is 6.18. The monoisotopic (exact) mass is 372 g/mol. The second kappa shape index (κ2) is 8.68. The van der Waals surface area contributed by atoms with E-state index in [-0.39, 0.29) is 0 Å². The summed E-state index contributed by atoms with van der Waals surface area (Å²) in [5.41, 5.74) is 6.92. The van der Waals surface area contributed by atoms with Gasteiger partial charge < -0.3 is 24.8 Å². The Morgan fingerprint density at radius 1 is 1.19 bits per heavy atom. The molecule has 1 amide bonds. The van der Waals surface area contributed by atoms with Crippen molar-refractivity contribution < 1.29 is 19.0 Å². The van der Waals surface area contributed by atoms with Gasteiger partial charge in [-0.3, -0.25) is 4.79 Å². The molecule has 1 fully saturated rings. The number of aromatic nitrogens is 2. The van der Waals surface area contributed by atoms with Crippen LogP contribution in [0.5, 0.6) is 11.5 Å². The summed E-state index contributed by atoms with van der Waals surface area (Å²) >= 11 is 0. The van der Waals surface area contributed by atoms with Crippen molar-refractivity contribution in [2.75, 3.05) is 45.4 Å². The third kappa shape index (κ3) is 4.46. The Morgan fingerprint density at radius 3 is 2.59 bits per heavy atom. The molecule has 1 aromatic heterocycles. The number of methoxy groups -OCH3 is 2. The highest BCUT2D eigenvalue weighted by Crippen LogP contribution is 2.28. The first-order chi connectivity index (χ1) is 13.1. The smallest absolute Gasteiger partial charge is 0.254 e. The minimum atomic E-state index is -0.525. The Balaban J connectivity index is 1.78. The molecule has 27 heavy (non-hydrogen) atoms. The van der Waals surface area contributed by atoms with Crippen LogP contribution in [0.15, 0.2) is 24.4 Å². The topological polar surface area (TPSA) is 99.8 Å². The zero-order valence-electron chi connectivity index (χ0n) is 15.6. The molecular formula is C19H24N4O4.